The summed E-state index contributed by atoms with van der Waals surface area (Å²) in [5, 5.41) is 0.203. The highest BCUT2D eigenvalue weighted by molar-refractivity contribution is 9.10. The van der Waals surface area contributed by atoms with E-state index in [1.165, 1.54) is 18.3 Å². The van der Waals surface area contributed by atoms with E-state index in [9.17, 15) is 4.79 Å². The number of rotatable bonds is 3. The zero-order valence-corrected chi connectivity index (χ0v) is 11.9. The molecule has 0 aliphatic heterocycles. The lowest BCUT2D eigenvalue weighted by atomic mass is 10.1. The van der Waals surface area contributed by atoms with Gasteiger partial charge in [-0.15, -0.1) is 0 Å². The summed E-state index contributed by atoms with van der Waals surface area (Å²) in [4.78, 5) is 15.3. The molecule has 1 aromatic carbocycles. The summed E-state index contributed by atoms with van der Waals surface area (Å²) in [7, 11) is 0. The predicted molar refractivity (Wildman–Crippen MR) is 76.4 cm³/mol. The van der Waals surface area contributed by atoms with Crippen molar-refractivity contribution in [3.05, 3.63) is 45.7 Å². The molecule has 0 fully saturated rings. The molecule has 0 aliphatic carbocycles. The number of nitrogen functional groups attached to an aromatic ring is 1. The van der Waals surface area contributed by atoms with E-state index >= 15 is 0 Å². The maximum absolute atomic E-state index is 11.4. The topological polar surface area (TPSA) is 91.2 Å². The molecule has 0 aliphatic rings. The number of ether oxygens (including phenoxy) is 1. The Morgan fingerprint density at radius 1 is 1.32 bits per heavy atom. The lowest BCUT2D eigenvalue weighted by Crippen LogP contribution is -2.13. The minimum Gasteiger partial charge on any atom is -0.453 e. The highest BCUT2D eigenvalue weighted by Crippen LogP contribution is 2.35. The number of hydrogen-bond acceptors (Lipinski definition) is 4. The Labute approximate surface area is 122 Å². The van der Waals surface area contributed by atoms with Crippen LogP contribution in [0.4, 0.5) is 5.69 Å². The first-order chi connectivity index (χ1) is 8.97. The van der Waals surface area contributed by atoms with Gasteiger partial charge in [-0.3, -0.25) is 9.78 Å². The fourth-order valence-electron chi connectivity index (χ4n) is 1.47. The third-order valence-corrected chi connectivity index (χ3v) is 2.95. The van der Waals surface area contributed by atoms with Crippen LogP contribution in [0.3, 0.4) is 0 Å². The molecule has 0 spiro atoms. The number of carbonyl (C=O) groups excluding carboxylic acids is 1. The largest absolute Gasteiger partial charge is 0.453 e. The minimum absolute atomic E-state index is 0.116. The van der Waals surface area contributed by atoms with Gasteiger partial charge in [-0.1, -0.05) is 11.6 Å². The van der Waals surface area contributed by atoms with Gasteiger partial charge in [0.25, 0.3) is 5.91 Å². The van der Waals surface area contributed by atoms with Gasteiger partial charge in [0, 0.05) is 16.4 Å². The van der Waals surface area contributed by atoms with Crippen molar-refractivity contribution in [2.75, 3.05) is 5.73 Å². The number of halogens is 2. The van der Waals surface area contributed by atoms with Gasteiger partial charge >= 0.3 is 0 Å². The van der Waals surface area contributed by atoms with Gasteiger partial charge in [-0.25, -0.2) is 0 Å². The molecular formula is C12H9BrClN3O2. The molecule has 19 heavy (non-hydrogen) atoms. The molecule has 7 heteroatoms. The van der Waals surface area contributed by atoms with E-state index in [0.29, 0.717) is 11.4 Å². The molecule has 1 amide bonds. The Morgan fingerprint density at radius 2 is 2.05 bits per heavy atom. The van der Waals surface area contributed by atoms with Gasteiger partial charge in [0.2, 0.25) is 0 Å². The number of nitrogens with two attached hydrogens (primary N) is 2. The number of nitrogens with zero attached hydrogens (tertiary/aromatic N) is 1. The van der Waals surface area contributed by atoms with E-state index < -0.39 is 5.91 Å². The van der Waals surface area contributed by atoms with Gasteiger partial charge in [-0.2, -0.15) is 0 Å². The number of carbonyl (C=O) groups is 1. The SMILES string of the molecule is NC(=O)c1cc(N)cc(Cl)c1Oc1cncc(Br)c1. The first kappa shape index (κ1) is 13.6. The molecule has 1 aromatic heterocycles. The average molecular weight is 343 g/mol. The zero-order chi connectivity index (χ0) is 14.0. The van der Waals surface area contributed by atoms with Crippen LogP contribution in [0.2, 0.25) is 5.02 Å². The van der Waals surface area contributed by atoms with Crippen LogP contribution >= 0.6 is 27.5 Å². The molecule has 98 valence electrons. The second-order valence-electron chi connectivity index (χ2n) is 3.68. The molecule has 1 heterocycles. The maximum atomic E-state index is 11.4. The van der Waals surface area contributed by atoms with Crippen molar-refractivity contribution in [3.8, 4) is 11.5 Å². The van der Waals surface area contributed by atoms with Gasteiger partial charge in [0.1, 0.15) is 5.75 Å². The Hall–Kier alpha value is -1.79. The van der Waals surface area contributed by atoms with E-state index in [-0.39, 0.29) is 16.3 Å². The van der Waals surface area contributed by atoms with Crippen molar-refractivity contribution in [1.29, 1.82) is 0 Å². The molecule has 0 bridgehead atoms. The van der Waals surface area contributed by atoms with Crippen LogP contribution in [0.5, 0.6) is 11.5 Å². The second kappa shape index (κ2) is 5.46. The van der Waals surface area contributed by atoms with E-state index in [1.54, 1.807) is 12.3 Å². The second-order valence-corrected chi connectivity index (χ2v) is 5.01. The molecule has 0 unspecified atom stereocenters. The number of hydrogen-bond donors (Lipinski definition) is 2. The first-order valence-corrected chi connectivity index (χ1v) is 6.31. The number of aromatic nitrogens is 1. The van der Waals surface area contributed by atoms with Crippen molar-refractivity contribution in [2.45, 2.75) is 0 Å². The lowest BCUT2D eigenvalue weighted by Gasteiger charge is -2.11. The maximum Gasteiger partial charge on any atom is 0.252 e. The van der Waals surface area contributed by atoms with Crippen molar-refractivity contribution in [2.24, 2.45) is 5.73 Å². The third kappa shape index (κ3) is 3.15. The van der Waals surface area contributed by atoms with Crippen LogP contribution in [-0.2, 0) is 0 Å². The highest BCUT2D eigenvalue weighted by Gasteiger charge is 2.16. The normalized spacial score (nSPS) is 10.2. The standard InChI is InChI=1S/C12H9BrClN3O2/c13-6-1-8(5-17-4-6)19-11-9(12(16)18)2-7(15)3-10(11)14/h1-5H,15H2,(H2,16,18). The van der Waals surface area contributed by atoms with Crippen LogP contribution in [-0.4, -0.2) is 10.9 Å². The summed E-state index contributed by atoms with van der Waals surface area (Å²) >= 11 is 9.29. The monoisotopic (exact) mass is 341 g/mol. The fourth-order valence-corrected chi connectivity index (χ4v) is 2.08. The Morgan fingerprint density at radius 3 is 2.68 bits per heavy atom. The van der Waals surface area contributed by atoms with E-state index in [2.05, 4.69) is 20.9 Å². The molecule has 0 atom stereocenters. The summed E-state index contributed by atoms with van der Waals surface area (Å²) in [5.74, 6) is -0.0982. The van der Waals surface area contributed by atoms with Crippen LogP contribution in [0, 0.1) is 0 Å². The summed E-state index contributed by atoms with van der Waals surface area (Å²) in [6, 6.07) is 4.58. The third-order valence-electron chi connectivity index (χ3n) is 2.23. The van der Waals surface area contributed by atoms with Crippen LogP contribution in [0.1, 0.15) is 10.4 Å². The first-order valence-electron chi connectivity index (χ1n) is 5.14. The molecule has 0 radical (unpaired) electrons. The molecule has 0 saturated carbocycles. The molecule has 5 nitrogen and oxygen atoms in total. The smallest absolute Gasteiger partial charge is 0.252 e. The number of primary amides is 1. The van der Waals surface area contributed by atoms with E-state index in [4.69, 9.17) is 27.8 Å². The zero-order valence-electron chi connectivity index (χ0n) is 9.56. The summed E-state index contributed by atoms with van der Waals surface area (Å²) < 4.78 is 6.29. The van der Waals surface area contributed by atoms with E-state index in [1.807, 2.05) is 0 Å². The number of pyridine rings is 1. The number of benzene rings is 1. The molecule has 2 aromatic rings. The van der Waals surface area contributed by atoms with Crippen molar-refractivity contribution in [1.82, 2.24) is 4.98 Å². The Kier molecular flexibility index (Phi) is 3.92. The average Bonchev–Trinajstić information content (AvgIpc) is 2.32. The highest BCUT2D eigenvalue weighted by atomic mass is 79.9. The van der Waals surface area contributed by atoms with Crippen LogP contribution in [0.15, 0.2) is 35.1 Å². The van der Waals surface area contributed by atoms with Gasteiger partial charge in [-0.05, 0) is 34.1 Å². The lowest BCUT2D eigenvalue weighted by molar-refractivity contribution is 0.0998. The quantitative estimate of drug-likeness (QED) is 0.839. The Balaban J connectivity index is 2.47. The summed E-state index contributed by atoms with van der Waals surface area (Å²) in [5.41, 5.74) is 11.3. The fraction of sp³-hybridized carbons (Fsp3) is 0. The van der Waals surface area contributed by atoms with Crippen molar-refractivity contribution in [3.63, 3.8) is 0 Å². The molecule has 2 rings (SSSR count). The summed E-state index contributed by atoms with van der Waals surface area (Å²) in [6.45, 7) is 0. The Bertz CT molecular complexity index is 649. The van der Waals surface area contributed by atoms with Gasteiger partial charge in [0.15, 0.2) is 5.75 Å². The van der Waals surface area contributed by atoms with Crippen molar-refractivity contribution >= 4 is 39.1 Å². The van der Waals surface area contributed by atoms with Crippen LogP contribution < -0.4 is 16.2 Å². The van der Waals surface area contributed by atoms with Crippen LogP contribution in [0.25, 0.3) is 0 Å². The summed E-state index contributed by atoms with van der Waals surface area (Å²) in [6.07, 6.45) is 3.09. The van der Waals surface area contributed by atoms with Crippen molar-refractivity contribution < 1.29 is 9.53 Å². The van der Waals surface area contributed by atoms with Gasteiger partial charge in [0.05, 0.1) is 16.8 Å². The van der Waals surface area contributed by atoms with E-state index in [0.717, 1.165) is 4.47 Å². The number of anilines is 1. The molecule has 4 N–H and O–H groups in total. The number of amides is 1. The minimum atomic E-state index is -0.674. The predicted octanol–water partition coefficient (Wildman–Crippen LogP) is 2.97. The molecule has 0 saturated heterocycles. The van der Waals surface area contributed by atoms with Gasteiger partial charge < -0.3 is 16.2 Å². The molecular weight excluding hydrogens is 334 g/mol.